The molecule has 0 radical (unpaired) electrons. The van der Waals surface area contributed by atoms with Gasteiger partial charge in [-0.25, -0.2) is 0 Å². The molecule has 37 heavy (non-hydrogen) atoms. The number of aryl methyl sites for hydroxylation is 2. The first-order valence-electron chi connectivity index (χ1n) is 13.0. The van der Waals surface area contributed by atoms with Gasteiger partial charge in [0.15, 0.2) is 0 Å². The van der Waals surface area contributed by atoms with Gasteiger partial charge >= 0.3 is 0 Å². The van der Waals surface area contributed by atoms with E-state index < -0.39 is 6.04 Å². The number of benzene rings is 3. The van der Waals surface area contributed by atoms with Crippen LogP contribution in [0.15, 0.2) is 72.8 Å². The highest BCUT2D eigenvalue weighted by Gasteiger charge is 2.31. The lowest BCUT2D eigenvalue weighted by atomic mass is 10.0. The summed E-state index contributed by atoms with van der Waals surface area (Å²) in [6.07, 6.45) is 3.07. The first kappa shape index (κ1) is 28.7. The van der Waals surface area contributed by atoms with Gasteiger partial charge in [-0.15, -0.1) is 0 Å². The smallest absolute Gasteiger partial charge is 0.243 e. The van der Waals surface area contributed by atoms with Gasteiger partial charge in [0.2, 0.25) is 11.8 Å². The van der Waals surface area contributed by atoms with E-state index in [2.05, 4.69) is 36.5 Å². The molecular weight excluding hydrogens is 503 g/mol. The number of halogens is 2. The molecule has 0 fully saturated rings. The molecular formula is C31H36Cl2N2O2. The van der Waals surface area contributed by atoms with Crippen molar-refractivity contribution in [1.29, 1.82) is 0 Å². The third-order valence-electron chi connectivity index (χ3n) is 6.69. The molecule has 0 saturated heterocycles. The SMILES string of the molecule is CCc1ccc(CCC(=O)N(Cc2ccc(Cl)cc2Cl)[C@H](Cc2ccccc2)C(=O)N[C@H](C)CC)cc1. The van der Waals surface area contributed by atoms with Crippen LogP contribution in [0.1, 0.15) is 55.9 Å². The fourth-order valence-electron chi connectivity index (χ4n) is 4.17. The van der Waals surface area contributed by atoms with Crippen LogP contribution in [0.2, 0.25) is 10.0 Å². The Kier molecular flexibility index (Phi) is 11.0. The van der Waals surface area contributed by atoms with Crippen molar-refractivity contribution in [2.75, 3.05) is 0 Å². The molecule has 196 valence electrons. The zero-order valence-corrected chi connectivity index (χ0v) is 23.4. The van der Waals surface area contributed by atoms with Crippen LogP contribution in [0.5, 0.6) is 0 Å². The Bertz CT molecular complexity index is 1170. The summed E-state index contributed by atoms with van der Waals surface area (Å²) >= 11 is 12.6. The molecule has 0 saturated carbocycles. The largest absolute Gasteiger partial charge is 0.352 e. The predicted molar refractivity (Wildman–Crippen MR) is 153 cm³/mol. The Morgan fingerprint density at radius 3 is 2.19 bits per heavy atom. The highest BCUT2D eigenvalue weighted by molar-refractivity contribution is 6.35. The van der Waals surface area contributed by atoms with Crippen LogP contribution in [0, 0.1) is 0 Å². The van der Waals surface area contributed by atoms with Crippen LogP contribution in [0.25, 0.3) is 0 Å². The number of carbonyl (C=O) groups excluding carboxylic acids is 2. The van der Waals surface area contributed by atoms with Gasteiger partial charge in [-0.3, -0.25) is 9.59 Å². The van der Waals surface area contributed by atoms with Gasteiger partial charge in [-0.05, 0) is 60.6 Å². The van der Waals surface area contributed by atoms with Crippen molar-refractivity contribution in [1.82, 2.24) is 10.2 Å². The minimum absolute atomic E-state index is 0.000995. The number of hydrogen-bond donors (Lipinski definition) is 1. The fourth-order valence-corrected chi connectivity index (χ4v) is 4.63. The Morgan fingerprint density at radius 2 is 1.57 bits per heavy atom. The van der Waals surface area contributed by atoms with Crippen molar-refractivity contribution < 1.29 is 9.59 Å². The first-order valence-corrected chi connectivity index (χ1v) is 13.7. The molecule has 0 aliphatic heterocycles. The van der Waals surface area contributed by atoms with E-state index in [1.807, 2.05) is 50.2 Å². The second-order valence-electron chi connectivity index (χ2n) is 9.45. The lowest BCUT2D eigenvalue weighted by Crippen LogP contribution is -2.52. The fraction of sp³-hybridized carbons (Fsp3) is 0.355. The maximum Gasteiger partial charge on any atom is 0.243 e. The second-order valence-corrected chi connectivity index (χ2v) is 10.3. The molecule has 2 atom stereocenters. The molecule has 0 heterocycles. The molecule has 6 heteroatoms. The average molecular weight is 540 g/mol. The minimum Gasteiger partial charge on any atom is -0.352 e. The molecule has 3 rings (SSSR count). The van der Waals surface area contributed by atoms with Crippen molar-refractivity contribution in [2.45, 2.75) is 71.5 Å². The molecule has 0 aliphatic rings. The van der Waals surface area contributed by atoms with E-state index in [0.717, 1.165) is 29.5 Å². The molecule has 1 N–H and O–H groups in total. The van der Waals surface area contributed by atoms with Crippen LogP contribution in [-0.2, 0) is 35.4 Å². The third-order valence-corrected chi connectivity index (χ3v) is 7.27. The number of nitrogens with zero attached hydrogens (tertiary/aromatic N) is 1. The summed E-state index contributed by atoms with van der Waals surface area (Å²) in [5.74, 6) is -0.255. The van der Waals surface area contributed by atoms with Crippen LogP contribution < -0.4 is 5.32 Å². The Labute approximate surface area is 231 Å². The Balaban J connectivity index is 1.92. The molecule has 0 spiro atoms. The second kappa shape index (κ2) is 14.2. The van der Waals surface area contributed by atoms with E-state index in [0.29, 0.717) is 29.3 Å². The van der Waals surface area contributed by atoms with Crippen molar-refractivity contribution in [3.8, 4) is 0 Å². The molecule has 4 nitrogen and oxygen atoms in total. The topological polar surface area (TPSA) is 49.4 Å². The number of hydrogen-bond acceptors (Lipinski definition) is 2. The summed E-state index contributed by atoms with van der Waals surface area (Å²) in [5.41, 5.74) is 4.10. The molecule has 0 aromatic heterocycles. The summed E-state index contributed by atoms with van der Waals surface area (Å²) in [5, 5.41) is 4.09. The van der Waals surface area contributed by atoms with E-state index in [1.165, 1.54) is 5.56 Å². The van der Waals surface area contributed by atoms with E-state index in [9.17, 15) is 9.59 Å². The van der Waals surface area contributed by atoms with Crippen LogP contribution in [-0.4, -0.2) is 28.8 Å². The minimum atomic E-state index is -0.682. The summed E-state index contributed by atoms with van der Waals surface area (Å²) in [6.45, 7) is 6.34. The Hall–Kier alpha value is -2.82. The van der Waals surface area contributed by atoms with Crippen LogP contribution in [0.4, 0.5) is 0 Å². The monoisotopic (exact) mass is 538 g/mol. The van der Waals surface area contributed by atoms with Gasteiger partial charge in [0.1, 0.15) is 6.04 Å². The normalized spacial score (nSPS) is 12.6. The van der Waals surface area contributed by atoms with Gasteiger partial charge in [-0.2, -0.15) is 0 Å². The van der Waals surface area contributed by atoms with Gasteiger partial charge in [0.25, 0.3) is 0 Å². The van der Waals surface area contributed by atoms with Gasteiger partial charge in [-0.1, -0.05) is 97.7 Å². The van der Waals surface area contributed by atoms with E-state index in [-0.39, 0.29) is 24.4 Å². The van der Waals surface area contributed by atoms with E-state index in [4.69, 9.17) is 23.2 Å². The number of rotatable bonds is 12. The molecule has 2 amide bonds. The summed E-state index contributed by atoms with van der Waals surface area (Å²) in [4.78, 5) is 29.0. The highest BCUT2D eigenvalue weighted by atomic mass is 35.5. The zero-order valence-electron chi connectivity index (χ0n) is 21.8. The highest BCUT2D eigenvalue weighted by Crippen LogP contribution is 2.25. The lowest BCUT2D eigenvalue weighted by molar-refractivity contribution is -0.141. The van der Waals surface area contributed by atoms with Crippen molar-refractivity contribution in [2.24, 2.45) is 0 Å². The zero-order chi connectivity index (χ0) is 26.8. The number of nitrogens with one attached hydrogen (secondary N) is 1. The molecule has 3 aromatic rings. The maximum absolute atomic E-state index is 13.8. The quantitative estimate of drug-likeness (QED) is 0.268. The molecule has 3 aromatic carbocycles. The standard InChI is InChI=1S/C31H36Cl2N2O2/c1-4-22(3)34-31(37)29(19-25-9-7-6-8-10-25)35(21-26-16-17-27(32)20-28(26)33)30(36)18-15-24-13-11-23(5-2)12-14-24/h6-14,16-17,20,22,29H,4-5,15,18-19,21H2,1-3H3,(H,34,37)/t22-,29-/m1/s1. The van der Waals surface area contributed by atoms with Crippen molar-refractivity contribution in [3.63, 3.8) is 0 Å². The van der Waals surface area contributed by atoms with Crippen LogP contribution in [0.3, 0.4) is 0 Å². The summed E-state index contributed by atoms with van der Waals surface area (Å²) in [6, 6.07) is 22.7. The number of carbonyl (C=O) groups is 2. The molecule has 0 bridgehead atoms. The van der Waals surface area contributed by atoms with Gasteiger partial charge in [0, 0.05) is 35.5 Å². The van der Waals surface area contributed by atoms with Gasteiger partial charge in [0.05, 0.1) is 0 Å². The molecule has 0 unspecified atom stereocenters. The van der Waals surface area contributed by atoms with Crippen molar-refractivity contribution in [3.05, 3.63) is 105 Å². The summed E-state index contributed by atoms with van der Waals surface area (Å²) < 4.78 is 0. The Morgan fingerprint density at radius 1 is 0.892 bits per heavy atom. The average Bonchev–Trinajstić information content (AvgIpc) is 2.91. The summed E-state index contributed by atoms with van der Waals surface area (Å²) in [7, 11) is 0. The molecule has 0 aliphatic carbocycles. The lowest BCUT2D eigenvalue weighted by Gasteiger charge is -2.32. The number of amides is 2. The van der Waals surface area contributed by atoms with E-state index >= 15 is 0 Å². The van der Waals surface area contributed by atoms with Crippen LogP contribution >= 0.6 is 23.2 Å². The van der Waals surface area contributed by atoms with Crippen molar-refractivity contribution >= 4 is 35.0 Å². The first-order chi connectivity index (χ1) is 17.8. The third kappa shape index (κ3) is 8.62. The predicted octanol–water partition coefficient (Wildman–Crippen LogP) is 7.04. The van der Waals surface area contributed by atoms with E-state index in [1.54, 1.807) is 17.0 Å². The maximum atomic E-state index is 13.8. The van der Waals surface area contributed by atoms with Gasteiger partial charge < -0.3 is 10.2 Å².